The normalized spacial score (nSPS) is 11.9. The minimum atomic E-state index is -4.79. The number of nitrogens with zero attached hydrogens (tertiary/aromatic N) is 6. The van der Waals surface area contributed by atoms with Crippen LogP contribution in [-0.2, 0) is 12.4 Å². The molecule has 4 rings (SSSR count). The van der Waals surface area contributed by atoms with Crippen LogP contribution in [0.2, 0.25) is 0 Å². The molecule has 0 amide bonds. The molecule has 7 nitrogen and oxygen atoms in total. The lowest BCUT2D eigenvalue weighted by Crippen LogP contribution is -2.09. The zero-order valence-electron chi connectivity index (χ0n) is 16.1. The monoisotopic (exact) mass is 461 g/mol. The molecular weight excluding hydrogens is 452 g/mol. The number of aromatic nitrogens is 5. The highest BCUT2D eigenvalue weighted by Gasteiger charge is 2.35. The second kappa shape index (κ2) is 7.97. The van der Waals surface area contributed by atoms with E-state index in [2.05, 4.69) is 35.1 Å². The maximum Gasteiger partial charge on any atom is 0.417 e. The van der Waals surface area contributed by atoms with Crippen LogP contribution in [0.15, 0.2) is 49.1 Å². The lowest BCUT2D eigenvalue weighted by Gasteiger charge is -2.13. The first kappa shape index (κ1) is 21.9. The van der Waals surface area contributed by atoms with Crippen LogP contribution in [0.3, 0.4) is 0 Å². The van der Waals surface area contributed by atoms with E-state index in [-0.39, 0.29) is 34.1 Å². The van der Waals surface area contributed by atoms with Crippen molar-refractivity contribution in [2.75, 3.05) is 5.32 Å². The summed E-state index contributed by atoms with van der Waals surface area (Å²) in [6, 6.07) is 4.10. The largest absolute Gasteiger partial charge is 0.417 e. The van der Waals surface area contributed by atoms with Crippen molar-refractivity contribution in [3.63, 3.8) is 0 Å². The van der Waals surface area contributed by atoms with Crippen LogP contribution >= 0.6 is 0 Å². The molecule has 0 atom stereocenters. The van der Waals surface area contributed by atoms with Gasteiger partial charge in [0.1, 0.15) is 17.0 Å². The summed E-state index contributed by atoms with van der Waals surface area (Å²) in [5.41, 5.74) is -2.70. The maximum atomic E-state index is 13.5. The zero-order chi connectivity index (χ0) is 23.8. The van der Waals surface area contributed by atoms with Crippen LogP contribution < -0.4 is 5.32 Å². The van der Waals surface area contributed by atoms with E-state index >= 15 is 0 Å². The molecule has 1 N–H and O–H groups in total. The van der Waals surface area contributed by atoms with Gasteiger partial charge in [-0.3, -0.25) is 4.98 Å². The van der Waals surface area contributed by atoms with Crippen LogP contribution in [0, 0.1) is 6.57 Å². The maximum absolute atomic E-state index is 13.5. The third-order valence-corrected chi connectivity index (χ3v) is 4.35. The SMILES string of the molecule is [C-]#[N+]c1cnc(-c2cnc3c(Nc4ccc(C(F)(F)F)cn4)ccnc3n2)c(C(F)(F)F)c1. The molecule has 4 heterocycles. The summed E-state index contributed by atoms with van der Waals surface area (Å²) in [6.07, 6.45) is -5.31. The highest BCUT2D eigenvalue weighted by molar-refractivity contribution is 5.87. The molecule has 0 fully saturated rings. The standard InChI is InChI=1S/C20H9F6N7/c1-27-11-6-12(20(24,25)26)16(30-8-11)14-9-31-17-13(4-5-28-18(17)33-14)32-15-3-2-10(7-29-15)19(21,22)23/h2-9H,(H,28,29,32,33). The Morgan fingerprint density at radius 3 is 2.27 bits per heavy atom. The lowest BCUT2D eigenvalue weighted by atomic mass is 10.1. The number of alkyl halides is 6. The minimum absolute atomic E-state index is 0.0337. The number of pyridine rings is 3. The predicted octanol–water partition coefficient (Wildman–Crippen LogP) is 5.81. The van der Waals surface area contributed by atoms with Gasteiger partial charge in [0.25, 0.3) is 0 Å². The van der Waals surface area contributed by atoms with Crippen LogP contribution in [0.4, 0.5) is 43.5 Å². The fourth-order valence-corrected chi connectivity index (χ4v) is 2.84. The predicted molar refractivity (Wildman–Crippen MR) is 104 cm³/mol. The summed E-state index contributed by atoms with van der Waals surface area (Å²) in [6.45, 7) is 6.90. The molecule has 0 spiro atoms. The van der Waals surface area contributed by atoms with Gasteiger partial charge in [0.15, 0.2) is 5.65 Å². The molecule has 0 saturated heterocycles. The summed E-state index contributed by atoms with van der Waals surface area (Å²) in [5.74, 6) is 0.0807. The fourth-order valence-electron chi connectivity index (χ4n) is 2.84. The molecule has 166 valence electrons. The Labute approximate surface area is 181 Å². The second-order valence-electron chi connectivity index (χ2n) is 6.54. The Balaban J connectivity index is 1.72. The van der Waals surface area contributed by atoms with E-state index in [1.165, 1.54) is 12.3 Å². The summed E-state index contributed by atoms with van der Waals surface area (Å²) in [7, 11) is 0. The van der Waals surface area contributed by atoms with E-state index in [0.29, 0.717) is 12.3 Å². The Hall–Kier alpha value is -4.34. The molecule has 0 aromatic carbocycles. The Morgan fingerprint density at radius 1 is 0.848 bits per heavy atom. The first-order chi connectivity index (χ1) is 15.6. The van der Waals surface area contributed by atoms with Crippen LogP contribution in [0.5, 0.6) is 0 Å². The topological polar surface area (TPSA) is 80.8 Å². The number of nitrogens with one attached hydrogen (secondary N) is 1. The van der Waals surface area contributed by atoms with Gasteiger partial charge >= 0.3 is 12.4 Å². The molecule has 0 bridgehead atoms. The van der Waals surface area contributed by atoms with Crippen molar-refractivity contribution in [3.8, 4) is 11.4 Å². The minimum Gasteiger partial charge on any atom is -0.338 e. The fraction of sp³-hybridized carbons (Fsp3) is 0.100. The quantitative estimate of drug-likeness (QED) is 0.306. The molecule has 13 heteroatoms. The van der Waals surface area contributed by atoms with Gasteiger partial charge < -0.3 is 5.32 Å². The number of rotatable bonds is 3. The molecular formula is C20H9F6N7. The molecule has 0 radical (unpaired) electrons. The van der Waals surface area contributed by atoms with E-state index in [0.717, 1.165) is 24.5 Å². The van der Waals surface area contributed by atoms with Gasteiger partial charge in [0.05, 0.1) is 35.3 Å². The number of fused-ring (bicyclic) bond motifs is 1. The van der Waals surface area contributed by atoms with Crippen molar-refractivity contribution >= 4 is 28.4 Å². The summed E-state index contributed by atoms with van der Waals surface area (Å²) < 4.78 is 78.5. The molecule has 4 aromatic heterocycles. The van der Waals surface area contributed by atoms with Crippen LogP contribution in [-0.4, -0.2) is 24.9 Å². The molecule has 0 unspecified atom stereocenters. The Kier molecular flexibility index (Phi) is 5.28. The van der Waals surface area contributed by atoms with Crippen molar-refractivity contribution in [3.05, 3.63) is 71.6 Å². The average Bonchev–Trinajstić information content (AvgIpc) is 2.77. The van der Waals surface area contributed by atoms with E-state index in [1.807, 2.05) is 0 Å². The van der Waals surface area contributed by atoms with Gasteiger partial charge in [-0.15, -0.1) is 0 Å². The van der Waals surface area contributed by atoms with Gasteiger partial charge in [-0.1, -0.05) is 0 Å². The summed E-state index contributed by atoms with van der Waals surface area (Å²) in [4.78, 5) is 22.6. The third kappa shape index (κ3) is 4.49. The second-order valence-corrected chi connectivity index (χ2v) is 6.54. The summed E-state index contributed by atoms with van der Waals surface area (Å²) in [5, 5.41) is 2.79. The van der Waals surface area contributed by atoms with Crippen molar-refractivity contribution in [1.29, 1.82) is 0 Å². The number of hydrogen-bond acceptors (Lipinski definition) is 6. The summed E-state index contributed by atoms with van der Waals surface area (Å²) >= 11 is 0. The molecule has 0 saturated carbocycles. The number of halogens is 6. The lowest BCUT2D eigenvalue weighted by molar-refractivity contribution is -0.138. The van der Waals surface area contributed by atoms with Gasteiger partial charge in [-0.2, -0.15) is 26.3 Å². The molecule has 4 aromatic rings. The average molecular weight is 461 g/mol. The Bertz CT molecular complexity index is 1380. The molecule has 0 aliphatic rings. The highest BCUT2D eigenvalue weighted by Crippen LogP contribution is 2.37. The molecule has 0 aliphatic heterocycles. The van der Waals surface area contributed by atoms with E-state index < -0.39 is 29.2 Å². The van der Waals surface area contributed by atoms with Crippen molar-refractivity contribution in [2.24, 2.45) is 0 Å². The first-order valence-electron chi connectivity index (χ1n) is 8.93. The Morgan fingerprint density at radius 2 is 1.64 bits per heavy atom. The van der Waals surface area contributed by atoms with Crippen molar-refractivity contribution in [1.82, 2.24) is 24.9 Å². The van der Waals surface area contributed by atoms with E-state index in [4.69, 9.17) is 6.57 Å². The van der Waals surface area contributed by atoms with Crippen LogP contribution in [0.25, 0.3) is 27.4 Å². The first-order valence-corrected chi connectivity index (χ1v) is 8.93. The number of hydrogen-bond donors (Lipinski definition) is 1. The van der Waals surface area contributed by atoms with Gasteiger partial charge in [-0.05, 0) is 24.3 Å². The van der Waals surface area contributed by atoms with Gasteiger partial charge in [0.2, 0.25) is 5.69 Å². The number of anilines is 2. The molecule has 0 aliphatic carbocycles. The zero-order valence-corrected chi connectivity index (χ0v) is 16.1. The van der Waals surface area contributed by atoms with Gasteiger partial charge in [-0.25, -0.2) is 24.8 Å². The van der Waals surface area contributed by atoms with E-state index in [9.17, 15) is 26.3 Å². The van der Waals surface area contributed by atoms with E-state index in [1.54, 1.807) is 0 Å². The molecule has 33 heavy (non-hydrogen) atoms. The third-order valence-electron chi connectivity index (χ3n) is 4.35. The smallest absolute Gasteiger partial charge is 0.338 e. The highest BCUT2D eigenvalue weighted by atomic mass is 19.4. The van der Waals surface area contributed by atoms with Crippen molar-refractivity contribution in [2.45, 2.75) is 12.4 Å². The van der Waals surface area contributed by atoms with Gasteiger partial charge in [0, 0.05) is 18.6 Å². The van der Waals surface area contributed by atoms with Crippen LogP contribution in [0.1, 0.15) is 11.1 Å². The van der Waals surface area contributed by atoms with Crippen molar-refractivity contribution < 1.29 is 26.3 Å².